The van der Waals surface area contributed by atoms with Gasteiger partial charge in [-0.2, -0.15) is 5.10 Å². The molecule has 6 nitrogen and oxygen atoms in total. The van der Waals surface area contributed by atoms with Gasteiger partial charge in [-0.25, -0.2) is 4.79 Å². The van der Waals surface area contributed by atoms with E-state index in [0.717, 1.165) is 28.2 Å². The fraction of sp³-hybridized carbons (Fsp3) is 0.412. The van der Waals surface area contributed by atoms with Gasteiger partial charge in [-0.05, 0) is 32.4 Å². The van der Waals surface area contributed by atoms with Crippen LogP contribution in [0.2, 0.25) is 0 Å². The van der Waals surface area contributed by atoms with Gasteiger partial charge in [0.05, 0.1) is 18.8 Å². The molecule has 6 heteroatoms. The summed E-state index contributed by atoms with van der Waals surface area (Å²) in [6.45, 7) is 7.69. The maximum absolute atomic E-state index is 12.1. The smallest absolute Gasteiger partial charge is 0.319 e. The molecule has 0 unspecified atom stereocenters. The molecule has 0 radical (unpaired) electrons. The van der Waals surface area contributed by atoms with E-state index in [0.29, 0.717) is 19.7 Å². The quantitative estimate of drug-likeness (QED) is 0.861. The number of ether oxygens (including phenoxy) is 1. The van der Waals surface area contributed by atoms with Gasteiger partial charge in [0.15, 0.2) is 0 Å². The average Bonchev–Trinajstić information content (AvgIpc) is 2.79. The topological polar surface area (TPSA) is 68.2 Å². The molecule has 0 aliphatic carbocycles. The van der Waals surface area contributed by atoms with Crippen LogP contribution in [0.25, 0.3) is 0 Å². The second-order valence-corrected chi connectivity index (χ2v) is 5.49. The number of nitrogens with one attached hydrogen (secondary N) is 2. The number of anilines is 1. The summed E-state index contributed by atoms with van der Waals surface area (Å²) in [6.07, 6.45) is 0. The van der Waals surface area contributed by atoms with E-state index < -0.39 is 0 Å². The Balaban J connectivity index is 1.96. The number of carbonyl (C=O) groups excluding carboxylic acids is 1. The van der Waals surface area contributed by atoms with E-state index in [9.17, 15) is 4.79 Å². The molecular formula is C17H24N4O2. The van der Waals surface area contributed by atoms with Crippen LogP contribution >= 0.6 is 0 Å². The number of carbonyl (C=O) groups is 1. The van der Waals surface area contributed by atoms with Crippen LogP contribution in [-0.4, -0.2) is 29.5 Å². The van der Waals surface area contributed by atoms with Crippen molar-refractivity contribution >= 4 is 11.7 Å². The van der Waals surface area contributed by atoms with Crippen LogP contribution in [-0.2, 0) is 17.8 Å². The second kappa shape index (κ2) is 7.78. The second-order valence-electron chi connectivity index (χ2n) is 5.49. The van der Waals surface area contributed by atoms with Crippen LogP contribution < -0.4 is 10.6 Å². The van der Waals surface area contributed by atoms with Gasteiger partial charge in [-0.3, -0.25) is 4.68 Å². The van der Waals surface area contributed by atoms with Crippen molar-refractivity contribution in [1.29, 1.82) is 0 Å². The predicted octanol–water partition coefficient (Wildman–Crippen LogP) is 2.78. The normalized spacial score (nSPS) is 10.6. The van der Waals surface area contributed by atoms with Crippen molar-refractivity contribution in [2.75, 3.05) is 19.0 Å². The molecule has 124 valence electrons. The Morgan fingerprint density at radius 1 is 1.26 bits per heavy atom. The van der Waals surface area contributed by atoms with E-state index in [4.69, 9.17) is 4.74 Å². The van der Waals surface area contributed by atoms with Gasteiger partial charge in [-0.1, -0.05) is 18.2 Å². The predicted molar refractivity (Wildman–Crippen MR) is 90.6 cm³/mol. The standard InChI is InChI=1S/C17H24N4O2/c1-12-7-5-6-8-16(12)19-17(22)18-11-15-13(2)20-21(14(15)3)9-10-23-4/h5-8H,9-11H2,1-4H3,(H2,18,19,22). The highest BCUT2D eigenvalue weighted by molar-refractivity contribution is 5.89. The summed E-state index contributed by atoms with van der Waals surface area (Å²) in [4.78, 5) is 12.1. The van der Waals surface area contributed by atoms with E-state index >= 15 is 0 Å². The number of para-hydroxylation sites is 1. The molecule has 0 saturated heterocycles. The minimum Gasteiger partial charge on any atom is -0.383 e. The zero-order valence-electron chi connectivity index (χ0n) is 14.1. The summed E-state index contributed by atoms with van der Waals surface area (Å²) in [5, 5.41) is 10.2. The summed E-state index contributed by atoms with van der Waals surface area (Å²) in [5.41, 5.74) is 4.86. The Bertz CT molecular complexity index is 679. The highest BCUT2D eigenvalue weighted by Crippen LogP contribution is 2.14. The van der Waals surface area contributed by atoms with Gasteiger partial charge in [-0.15, -0.1) is 0 Å². The molecule has 0 saturated carbocycles. The third-order valence-corrected chi connectivity index (χ3v) is 3.86. The summed E-state index contributed by atoms with van der Waals surface area (Å²) < 4.78 is 7.00. The SMILES string of the molecule is COCCn1nc(C)c(CNC(=O)Nc2ccccc2C)c1C. The largest absolute Gasteiger partial charge is 0.383 e. The van der Waals surface area contributed by atoms with Crippen LogP contribution in [0.4, 0.5) is 10.5 Å². The molecule has 1 heterocycles. The van der Waals surface area contributed by atoms with E-state index in [1.165, 1.54) is 0 Å². The van der Waals surface area contributed by atoms with Crippen molar-refractivity contribution in [2.45, 2.75) is 33.9 Å². The van der Waals surface area contributed by atoms with Crippen molar-refractivity contribution in [3.05, 3.63) is 46.8 Å². The van der Waals surface area contributed by atoms with Gasteiger partial charge in [0.2, 0.25) is 0 Å². The van der Waals surface area contributed by atoms with Crippen molar-refractivity contribution in [3.8, 4) is 0 Å². The maximum atomic E-state index is 12.1. The molecule has 0 bridgehead atoms. The molecule has 2 rings (SSSR count). The Labute approximate surface area is 136 Å². The summed E-state index contributed by atoms with van der Waals surface area (Å²) >= 11 is 0. The number of hydrogen-bond acceptors (Lipinski definition) is 3. The van der Waals surface area contributed by atoms with Gasteiger partial charge in [0, 0.05) is 30.6 Å². The van der Waals surface area contributed by atoms with Crippen LogP contribution in [0.5, 0.6) is 0 Å². The number of urea groups is 1. The Kier molecular flexibility index (Phi) is 5.76. The lowest BCUT2D eigenvalue weighted by Gasteiger charge is -2.10. The minimum absolute atomic E-state index is 0.220. The lowest BCUT2D eigenvalue weighted by atomic mass is 10.2. The number of rotatable bonds is 6. The Hall–Kier alpha value is -2.34. The molecule has 1 aromatic heterocycles. The van der Waals surface area contributed by atoms with Crippen molar-refractivity contribution in [3.63, 3.8) is 0 Å². The minimum atomic E-state index is -0.220. The fourth-order valence-electron chi connectivity index (χ4n) is 2.43. The highest BCUT2D eigenvalue weighted by atomic mass is 16.5. The van der Waals surface area contributed by atoms with Gasteiger partial charge < -0.3 is 15.4 Å². The molecule has 0 fully saturated rings. The van der Waals surface area contributed by atoms with Gasteiger partial charge in [0.1, 0.15) is 0 Å². The summed E-state index contributed by atoms with van der Waals surface area (Å²) in [7, 11) is 1.67. The van der Waals surface area contributed by atoms with Crippen molar-refractivity contribution in [1.82, 2.24) is 15.1 Å². The monoisotopic (exact) mass is 316 g/mol. The molecule has 0 atom stereocenters. The molecule has 2 N–H and O–H groups in total. The fourth-order valence-corrected chi connectivity index (χ4v) is 2.43. The lowest BCUT2D eigenvalue weighted by molar-refractivity contribution is 0.182. The Morgan fingerprint density at radius 3 is 2.70 bits per heavy atom. The first-order valence-corrected chi connectivity index (χ1v) is 7.65. The molecule has 23 heavy (non-hydrogen) atoms. The third-order valence-electron chi connectivity index (χ3n) is 3.86. The number of nitrogens with zero attached hydrogens (tertiary/aromatic N) is 2. The first-order chi connectivity index (χ1) is 11.0. The van der Waals surface area contributed by atoms with Crippen LogP contribution in [0.15, 0.2) is 24.3 Å². The van der Waals surface area contributed by atoms with Crippen LogP contribution in [0.1, 0.15) is 22.5 Å². The molecule has 1 aromatic carbocycles. The first-order valence-electron chi connectivity index (χ1n) is 7.65. The third kappa shape index (κ3) is 4.32. The maximum Gasteiger partial charge on any atom is 0.319 e. The van der Waals surface area contributed by atoms with Gasteiger partial charge in [0.25, 0.3) is 0 Å². The molecule has 0 aliphatic heterocycles. The zero-order valence-corrected chi connectivity index (χ0v) is 14.1. The molecule has 0 spiro atoms. The summed E-state index contributed by atoms with van der Waals surface area (Å²) in [6, 6.07) is 7.47. The highest BCUT2D eigenvalue weighted by Gasteiger charge is 2.12. The summed E-state index contributed by atoms with van der Waals surface area (Å²) in [5.74, 6) is 0. The van der Waals surface area contributed by atoms with E-state index in [1.807, 2.05) is 49.7 Å². The number of aromatic nitrogens is 2. The van der Waals surface area contributed by atoms with E-state index in [-0.39, 0.29) is 6.03 Å². The number of amides is 2. The molecule has 2 aromatic rings. The molecule has 0 aliphatic rings. The van der Waals surface area contributed by atoms with Crippen molar-refractivity contribution in [2.24, 2.45) is 0 Å². The van der Waals surface area contributed by atoms with E-state index in [2.05, 4.69) is 15.7 Å². The zero-order chi connectivity index (χ0) is 16.8. The number of hydrogen-bond donors (Lipinski definition) is 2. The number of methoxy groups -OCH3 is 1. The first kappa shape index (κ1) is 17.0. The lowest BCUT2D eigenvalue weighted by Crippen LogP contribution is -2.28. The van der Waals surface area contributed by atoms with Crippen LogP contribution in [0, 0.1) is 20.8 Å². The van der Waals surface area contributed by atoms with E-state index in [1.54, 1.807) is 7.11 Å². The molecule has 2 amide bonds. The Morgan fingerprint density at radius 2 is 2.00 bits per heavy atom. The molecular weight excluding hydrogens is 292 g/mol. The van der Waals surface area contributed by atoms with Crippen molar-refractivity contribution < 1.29 is 9.53 Å². The van der Waals surface area contributed by atoms with Crippen LogP contribution in [0.3, 0.4) is 0 Å². The number of aryl methyl sites for hydroxylation is 2. The number of benzene rings is 1. The average molecular weight is 316 g/mol. The van der Waals surface area contributed by atoms with Gasteiger partial charge >= 0.3 is 6.03 Å².